The van der Waals surface area contributed by atoms with Gasteiger partial charge < -0.3 is 19.6 Å². The maximum atomic E-state index is 15.2. The molecule has 7 nitrogen and oxygen atoms in total. The lowest BCUT2D eigenvalue weighted by molar-refractivity contribution is 0.411. The van der Waals surface area contributed by atoms with Crippen molar-refractivity contribution < 1.29 is 13.5 Å². The number of imidazole rings is 2. The van der Waals surface area contributed by atoms with Crippen LogP contribution in [0.5, 0.6) is 5.75 Å². The Morgan fingerprint density at radius 3 is 2.44 bits per heavy atom. The van der Waals surface area contributed by atoms with Crippen molar-refractivity contribution >= 4 is 16.9 Å². The van der Waals surface area contributed by atoms with Gasteiger partial charge in [-0.15, -0.1) is 0 Å². The van der Waals surface area contributed by atoms with Crippen molar-refractivity contribution in [1.82, 2.24) is 24.1 Å². The largest absolute Gasteiger partial charge is 0.497 e. The zero-order valence-corrected chi connectivity index (χ0v) is 19.1. The number of aromatic nitrogens is 5. The Bertz CT molecular complexity index is 1570. The Hall–Kier alpha value is -4.27. The summed E-state index contributed by atoms with van der Waals surface area (Å²) in [5.41, 5.74) is 10.6. The zero-order chi connectivity index (χ0) is 24.1. The van der Waals surface area contributed by atoms with Crippen LogP contribution in [0.1, 0.15) is 11.4 Å². The average molecular weight is 460 g/mol. The SMILES string of the molecule is COc1ccc(-c2nc3c(N)nc(C)c(-c4ccc(-n5cnc(C)c5)c(F)c4)c3n2C)c(F)c1. The summed E-state index contributed by atoms with van der Waals surface area (Å²) < 4.78 is 38.5. The first-order valence-electron chi connectivity index (χ1n) is 10.6. The van der Waals surface area contributed by atoms with E-state index in [2.05, 4.69) is 15.0 Å². The highest BCUT2D eigenvalue weighted by atomic mass is 19.1. The summed E-state index contributed by atoms with van der Waals surface area (Å²) in [5, 5.41) is 0. The summed E-state index contributed by atoms with van der Waals surface area (Å²) in [5.74, 6) is 0.109. The molecule has 0 radical (unpaired) electrons. The number of fused-ring (bicyclic) bond motifs is 1. The molecule has 5 aromatic rings. The Balaban J connectivity index is 1.72. The van der Waals surface area contributed by atoms with Crippen LogP contribution in [-0.4, -0.2) is 31.2 Å². The van der Waals surface area contributed by atoms with Gasteiger partial charge in [-0.3, -0.25) is 0 Å². The third kappa shape index (κ3) is 3.37. The molecule has 172 valence electrons. The number of pyridine rings is 1. The van der Waals surface area contributed by atoms with Gasteiger partial charge in [0, 0.05) is 30.6 Å². The summed E-state index contributed by atoms with van der Waals surface area (Å²) in [7, 11) is 3.25. The predicted octanol–water partition coefficient (Wildman–Crippen LogP) is 4.97. The fourth-order valence-electron chi connectivity index (χ4n) is 4.24. The van der Waals surface area contributed by atoms with Gasteiger partial charge in [0.05, 0.1) is 35.9 Å². The highest BCUT2D eigenvalue weighted by Crippen LogP contribution is 2.37. The first-order chi connectivity index (χ1) is 16.3. The fraction of sp³-hybridized carbons (Fsp3) is 0.160. The summed E-state index contributed by atoms with van der Waals surface area (Å²) >= 11 is 0. The van der Waals surface area contributed by atoms with Gasteiger partial charge in [-0.1, -0.05) is 6.07 Å². The molecule has 0 saturated heterocycles. The second kappa shape index (κ2) is 7.95. The minimum absolute atomic E-state index is 0.220. The normalized spacial score (nSPS) is 11.4. The number of aryl methyl sites for hydroxylation is 3. The average Bonchev–Trinajstić information content (AvgIpc) is 3.38. The molecule has 34 heavy (non-hydrogen) atoms. The molecular formula is C25H22F2N6O. The van der Waals surface area contributed by atoms with Crippen molar-refractivity contribution in [3.05, 3.63) is 71.9 Å². The molecule has 9 heteroatoms. The van der Waals surface area contributed by atoms with Crippen molar-refractivity contribution in [3.8, 4) is 34.0 Å². The Morgan fingerprint density at radius 1 is 1.00 bits per heavy atom. The lowest BCUT2D eigenvalue weighted by Crippen LogP contribution is -2.01. The van der Waals surface area contributed by atoms with Crippen LogP contribution in [-0.2, 0) is 7.05 Å². The molecule has 0 aliphatic carbocycles. The molecule has 0 unspecified atom stereocenters. The number of nitrogens with zero attached hydrogens (tertiary/aromatic N) is 5. The smallest absolute Gasteiger partial charge is 0.151 e. The van der Waals surface area contributed by atoms with Crippen LogP contribution < -0.4 is 10.5 Å². The van der Waals surface area contributed by atoms with Gasteiger partial charge in [0.25, 0.3) is 0 Å². The van der Waals surface area contributed by atoms with E-state index in [1.54, 1.807) is 53.8 Å². The second-order valence-corrected chi connectivity index (χ2v) is 8.08. The Kier molecular flexibility index (Phi) is 5.04. The number of halogens is 2. The van der Waals surface area contributed by atoms with Crippen LogP contribution in [0.15, 0.2) is 48.9 Å². The number of rotatable bonds is 4. The summed E-state index contributed by atoms with van der Waals surface area (Å²) in [6, 6.07) is 9.52. The highest BCUT2D eigenvalue weighted by molar-refractivity contribution is 6.00. The maximum absolute atomic E-state index is 15.2. The van der Waals surface area contributed by atoms with E-state index in [-0.39, 0.29) is 5.82 Å². The molecule has 0 spiro atoms. The second-order valence-electron chi connectivity index (χ2n) is 8.08. The van der Waals surface area contributed by atoms with E-state index in [0.717, 1.165) is 5.69 Å². The van der Waals surface area contributed by atoms with Crippen molar-refractivity contribution in [2.75, 3.05) is 12.8 Å². The lowest BCUT2D eigenvalue weighted by atomic mass is 10.0. The van der Waals surface area contributed by atoms with Gasteiger partial charge in [0.2, 0.25) is 0 Å². The monoisotopic (exact) mass is 460 g/mol. The Labute approximate surface area is 194 Å². The van der Waals surface area contributed by atoms with Gasteiger partial charge in [0.15, 0.2) is 5.82 Å². The number of hydrogen-bond acceptors (Lipinski definition) is 5. The molecule has 5 rings (SSSR count). The maximum Gasteiger partial charge on any atom is 0.151 e. The molecule has 0 aliphatic heterocycles. The number of methoxy groups -OCH3 is 1. The third-order valence-electron chi connectivity index (χ3n) is 5.87. The van der Waals surface area contributed by atoms with Gasteiger partial charge >= 0.3 is 0 Å². The predicted molar refractivity (Wildman–Crippen MR) is 127 cm³/mol. The molecular weight excluding hydrogens is 438 g/mol. The molecule has 3 aromatic heterocycles. The van der Waals surface area contributed by atoms with E-state index in [9.17, 15) is 4.39 Å². The molecule has 2 N–H and O–H groups in total. The van der Waals surface area contributed by atoms with Crippen molar-refractivity contribution in [2.45, 2.75) is 13.8 Å². The first-order valence-corrected chi connectivity index (χ1v) is 10.6. The van der Waals surface area contributed by atoms with Crippen LogP contribution in [0.25, 0.3) is 39.2 Å². The zero-order valence-electron chi connectivity index (χ0n) is 19.1. The number of hydrogen-bond donors (Lipinski definition) is 1. The van der Waals surface area contributed by atoms with Crippen LogP contribution in [0.2, 0.25) is 0 Å². The standard InChI is InChI=1S/C25H22F2N6O/c1-13-11-33(12-29-13)20-8-5-15(9-19(20)27)21-14(2)30-24(28)22-23(21)32(3)25(31-22)17-7-6-16(34-4)10-18(17)26/h5-12H,1-4H3,(H2,28,30). The Morgan fingerprint density at radius 2 is 1.79 bits per heavy atom. The first kappa shape index (κ1) is 21.6. The topological polar surface area (TPSA) is 83.8 Å². The minimum atomic E-state index is -0.478. The molecule has 3 heterocycles. The summed E-state index contributed by atoms with van der Waals surface area (Å²) in [6.45, 7) is 3.64. The van der Waals surface area contributed by atoms with Crippen LogP contribution in [0.3, 0.4) is 0 Å². The molecule has 0 amide bonds. The molecule has 0 fully saturated rings. The number of nitrogens with two attached hydrogens (primary N) is 1. The number of ether oxygens (including phenoxy) is 1. The van der Waals surface area contributed by atoms with Crippen molar-refractivity contribution in [3.63, 3.8) is 0 Å². The van der Waals surface area contributed by atoms with E-state index in [4.69, 9.17) is 10.5 Å². The molecule has 0 atom stereocenters. The van der Waals surface area contributed by atoms with Gasteiger partial charge in [-0.05, 0) is 43.7 Å². The van der Waals surface area contributed by atoms with Crippen LogP contribution in [0, 0.1) is 25.5 Å². The van der Waals surface area contributed by atoms with E-state index in [0.29, 0.717) is 50.7 Å². The minimum Gasteiger partial charge on any atom is -0.497 e. The molecule has 2 aromatic carbocycles. The van der Waals surface area contributed by atoms with Crippen LogP contribution >= 0.6 is 0 Å². The third-order valence-corrected chi connectivity index (χ3v) is 5.87. The number of nitrogen functional groups attached to an aromatic ring is 1. The van der Waals surface area contributed by atoms with E-state index in [1.807, 2.05) is 13.0 Å². The lowest BCUT2D eigenvalue weighted by Gasteiger charge is -2.13. The van der Waals surface area contributed by atoms with Crippen molar-refractivity contribution in [2.24, 2.45) is 7.05 Å². The molecule has 0 bridgehead atoms. The number of benzene rings is 2. The number of anilines is 1. The van der Waals surface area contributed by atoms with E-state index in [1.165, 1.54) is 19.2 Å². The van der Waals surface area contributed by atoms with Gasteiger partial charge in [-0.25, -0.2) is 23.7 Å². The quantitative estimate of drug-likeness (QED) is 0.409. The molecule has 0 aliphatic rings. The highest BCUT2D eigenvalue weighted by Gasteiger charge is 2.22. The summed E-state index contributed by atoms with van der Waals surface area (Å²) in [4.78, 5) is 13.2. The van der Waals surface area contributed by atoms with Gasteiger partial charge in [0.1, 0.15) is 28.7 Å². The summed E-state index contributed by atoms with van der Waals surface area (Å²) in [6.07, 6.45) is 3.32. The van der Waals surface area contributed by atoms with E-state index < -0.39 is 11.6 Å². The van der Waals surface area contributed by atoms with E-state index >= 15 is 4.39 Å². The van der Waals surface area contributed by atoms with Gasteiger partial charge in [-0.2, -0.15) is 0 Å². The van der Waals surface area contributed by atoms with Crippen molar-refractivity contribution in [1.29, 1.82) is 0 Å². The fourth-order valence-corrected chi connectivity index (χ4v) is 4.24. The van der Waals surface area contributed by atoms with Crippen LogP contribution in [0.4, 0.5) is 14.6 Å². The molecule has 0 saturated carbocycles.